The summed E-state index contributed by atoms with van der Waals surface area (Å²) in [4.78, 5) is 14.0. The van der Waals surface area contributed by atoms with E-state index in [0.717, 1.165) is 25.8 Å². The molecule has 1 aromatic carbocycles. The molecular formula is C17H24N2O2. The Hall–Kier alpha value is -1.55. The molecule has 2 aliphatic rings. The number of fused-ring (bicyclic) bond motifs is 1. The highest BCUT2D eigenvalue weighted by Gasteiger charge is 2.40. The van der Waals surface area contributed by atoms with Gasteiger partial charge < -0.3 is 15.4 Å². The molecule has 0 unspecified atom stereocenters. The first kappa shape index (κ1) is 14.4. The number of hydrogen-bond donors (Lipinski definition) is 1. The molecule has 1 amide bonds. The summed E-state index contributed by atoms with van der Waals surface area (Å²) < 4.78 is 5.46. The standard InChI is InChI=1S/C17H24N2O2/c1-16(2,3)21-15(20)19-9-6-12-4-5-14(10-13(12)11-19)17(18)7-8-17/h4-5,10H,6-9,11,18H2,1-3H3. The monoisotopic (exact) mass is 288 g/mol. The summed E-state index contributed by atoms with van der Waals surface area (Å²) in [6.07, 6.45) is 2.77. The molecule has 4 heteroatoms. The van der Waals surface area contributed by atoms with Crippen LogP contribution < -0.4 is 5.73 Å². The van der Waals surface area contributed by atoms with Gasteiger partial charge in [-0.05, 0) is 56.7 Å². The average molecular weight is 288 g/mol. The van der Waals surface area contributed by atoms with Gasteiger partial charge in [-0.3, -0.25) is 0 Å². The highest BCUT2D eigenvalue weighted by Crippen LogP contribution is 2.43. The zero-order valence-electron chi connectivity index (χ0n) is 13.1. The smallest absolute Gasteiger partial charge is 0.410 e. The van der Waals surface area contributed by atoms with Crippen LogP contribution in [0.3, 0.4) is 0 Å². The molecule has 0 atom stereocenters. The predicted molar refractivity (Wildman–Crippen MR) is 81.9 cm³/mol. The van der Waals surface area contributed by atoms with Crippen molar-refractivity contribution in [3.05, 3.63) is 34.9 Å². The van der Waals surface area contributed by atoms with Gasteiger partial charge in [0.05, 0.1) is 0 Å². The van der Waals surface area contributed by atoms with Crippen molar-refractivity contribution in [2.45, 2.75) is 57.7 Å². The van der Waals surface area contributed by atoms with Crippen LogP contribution >= 0.6 is 0 Å². The van der Waals surface area contributed by atoms with E-state index in [4.69, 9.17) is 10.5 Å². The van der Waals surface area contributed by atoms with Crippen LogP contribution in [0.2, 0.25) is 0 Å². The Morgan fingerprint density at radius 1 is 1.29 bits per heavy atom. The van der Waals surface area contributed by atoms with E-state index < -0.39 is 5.60 Å². The van der Waals surface area contributed by atoms with Gasteiger partial charge in [-0.1, -0.05) is 18.2 Å². The minimum absolute atomic E-state index is 0.122. The molecular weight excluding hydrogens is 264 g/mol. The molecule has 0 spiro atoms. The van der Waals surface area contributed by atoms with E-state index in [1.807, 2.05) is 20.8 Å². The fourth-order valence-corrected chi connectivity index (χ4v) is 2.77. The van der Waals surface area contributed by atoms with Crippen LogP contribution in [-0.4, -0.2) is 23.1 Å². The third kappa shape index (κ3) is 3.05. The van der Waals surface area contributed by atoms with Gasteiger partial charge in [-0.2, -0.15) is 0 Å². The average Bonchev–Trinajstić information content (AvgIpc) is 3.15. The third-order valence-corrected chi connectivity index (χ3v) is 4.23. The second kappa shape index (κ2) is 4.73. The van der Waals surface area contributed by atoms with Crippen LogP contribution in [0.25, 0.3) is 0 Å². The van der Waals surface area contributed by atoms with Gasteiger partial charge in [-0.15, -0.1) is 0 Å². The minimum atomic E-state index is -0.450. The van der Waals surface area contributed by atoms with E-state index in [9.17, 15) is 4.79 Å². The lowest BCUT2D eigenvalue weighted by atomic mass is 9.94. The van der Waals surface area contributed by atoms with Crippen molar-refractivity contribution in [1.29, 1.82) is 0 Å². The zero-order valence-corrected chi connectivity index (χ0v) is 13.1. The molecule has 1 heterocycles. The van der Waals surface area contributed by atoms with Gasteiger partial charge in [0.15, 0.2) is 0 Å². The van der Waals surface area contributed by atoms with Crippen molar-refractivity contribution >= 4 is 6.09 Å². The molecule has 114 valence electrons. The van der Waals surface area contributed by atoms with Gasteiger partial charge in [0.2, 0.25) is 0 Å². The highest BCUT2D eigenvalue weighted by atomic mass is 16.6. The number of benzene rings is 1. The Labute approximate surface area is 126 Å². The number of nitrogens with two attached hydrogens (primary N) is 1. The lowest BCUT2D eigenvalue weighted by Crippen LogP contribution is -2.40. The maximum atomic E-state index is 12.2. The molecule has 1 aromatic rings. The Kier molecular flexibility index (Phi) is 3.24. The van der Waals surface area contributed by atoms with Gasteiger partial charge in [0.25, 0.3) is 0 Å². The fraction of sp³-hybridized carbons (Fsp3) is 0.588. The zero-order chi connectivity index (χ0) is 15.3. The SMILES string of the molecule is CC(C)(C)OC(=O)N1CCc2ccc(C3(N)CC3)cc2C1. The van der Waals surface area contributed by atoms with E-state index in [1.165, 1.54) is 16.7 Å². The van der Waals surface area contributed by atoms with Crippen LogP contribution in [0.15, 0.2) is 18.2 Å². The Bertz CT molecular complexity index is 571. The summed E-state index contributed by atoms with van der Waals surface area (Å²) >= 11 is 0. The van der Waals surface area contributed by atoms with Crippen molar-refractivity contribution in [1.82, 2.24) is 4.90 Å². The first-order valence-electron chi connectivity index (χ1n) is 7.66. The quantitative estimate of drug-likeness (QED) is 0.864. The van der Waals surface area contributed by atoms with Gasteiger partial charge in [0, 0.05) is 18.6 Å². The van der Waals surface area contributed by atoms with E-state index in [1.54, 1.807) is 4.90 Å². The molecule has 0 bridgehead atoms. The molecule has 1 fully saturated rings. The molecule has 0 saturated heterocycles. The number of nitrogens with zero attached hydrogens (tertiary/aromatic N) is 1. The first-order chi connectivity index (χ1) is 9.77. The van der Waals surface area contributed by atoms with Crippen molar-refractivity contribution < 1.29 is 9.53 Å². The minimum Gasteiger partial charge on any atom is -0.444 e. The summed E-state index contributed by atoms with van der Waals surface area (Å²) in [5.41, 5.74) is 9.43. The molecule has 1 aliphatic carbocycles. The number of rotatable bonds is 1. The largest absolute Gasteiger partial charge is 0.444 e. The van der Waals surface area contributed by atoms with Crippen LogP contribution in [-0.2, 0) is 23.2 Å². The Morgan fingerprint density at radius 3 is 2.62 bits per heavy atom. The number of amides is 1. The molecule has 21 heavy (non-hydrogen) atoms. The summed E-state index contributed by atoms with van der Waals surface area (Å²) in [6.45, 7) is 7.02. The molecule has 1 aliphatic heterocycles. The number of carbonyl (C=O) groups is 1. The second-order valence-corrected chi connectivity index (χ2v) is 7.29. The Morgan fingerprint density at radius 2 is 2.00 bits per heavy atom. The number of hydrogen-bond acceptors (Lipinski definition) is 3. The summed E-state index contributed by atoms with van der Waals surface area (Å²) in [5.74, 6) is 0. The van der Waals surface area contributed by atoms with Crippen molar-refractivity contribution in [3.8, 4) is 0 Å². The molecule has 2 N–H and O–H groups in total. The number of ether oxygens (including phenoxy) is 1. The van der Waals surface area contributed by atoms with Crippen molar-refractivity contribution in [3.63, 3.8) is 0 Å². The predicted octanol–water partition coefficient (Wildman–Crippen LogP) is 2.93. The maximum absolute atomic E-state index is 12.2. The molecule has 4 nitrogen and oxygen atoms in total. The summed E-state index contributed by atoms with van der Waals surface area (Å²) in [5, 5.41) is 0. The second-order valence-electron chi connectivity index (χ2n) is 7.29. The first-order valence-corrected chi connectivity index (χ1v) is 7.66. The molecule has 0 radical (unpaired) electrons. The third-order valence-electron chi connectivity index (χ3n) is 4.23. The van der Waals surface area contributed by atoms with Crippen LogP contribution in [0.1, 0.15) is 50.3 Å². The van der Waals surface area contributed by atoms with Crippen LogP contribution in [0, 0.1) is 0 Å². The van der Waals surface area contributed by atoms with Crippen LogP contribution in [0.5, 0.6) is 0 Å². The summed E-state index contributed by atoms with van der Waals surface area (Å²) in [6, 6.07) is 6.50. The van der Waals surface area contributed by atoms with Crippen LogP contribution in [0.4, 0.5) is 4.79 Å². The topological polar surface area (TPSA) is 55.6 Å². The lowest BCUT2D eigenvalue weighted by Gasteiger charge is -2.31. The van der Waals surface area contributed by atoms with Crippen molar-refractivity contribution in [2.24, 2.45) is 5.73 Å². The lowest BCUT2D eigenvalue weighted by molar-refractivity contribution is 0.0224. The van der Waals surface area contributed by atoms with Gasteiger partial charge in [0.1, 0.15) is 5.60 Å². The number of carbonyl (C=O) groups excluding carboxylic acids is 1. The van der Waals surface area contributed by atoms with E-state index in [-0.39, 0.29) is 11.6 Å². The molecule has 3 rings (SSSR count). The van der Waals surface area contributed by atoms with E-state index >= 15 is 0 Å². The van der Waals surface area contributed by atoms with Gasteiger partial charge in [-0.25, -0.2) is 4.79 Å². The van der Waals surface area contributed by atoms with Crippen molar-refractivity contribution in [2.75, 3.05) is 6.54 Å². The normalized spacial score (nSPS) is 19.9. The van der Waals surface area contributed by atoms with Gasteiger partial charge >= 0.3 is 6.09 Å². The highest BCUT2D eigenvalue weighted by molar-refractivity contribution is 5.68. The maximum Gasteiger partial charge on any atom is 0.410 e. The molecule has 1 saturated carbocycles. The van der Waals surface area contributed by atoms with E-state index in [2.05, 4.69) is 18.2 Å². The summed E-state index contributed by atoms with van der Waals surface area (Å²) in [7, 11) is 0. The van der Waals surface area contributed by atoms with E-state index in [0.29, 0.717) is 6.54 Å². The molecule has 0 aromatic heterocycles. The Balaban J connectivity index is 1.76. The fourth-order valence-electron chi connectivity index (χ4n) is 2.77.